The van der Waals surface area contributed by atoms with E-state index in [2.05, 4.69) is 24.0 Å². The summed E-state index contributed by atoms with van der Waals surface area (Å²) in [5.74, 6) is -0.558. The zero-order valence-electron chi connectivity index (χ0n) is 14.9. The number of aromatic hydroxyl groups is 1. The van der Waals surface area contributed by atoms with Crippen LogP contribution >= 0.6 is 12.6 Å². The number of benzene rings is 2. The minimum atomic E-state index is -0.645. The Morgan fingerprint density at radius 2 is 1.96 bits per heavy atom. The largest absolute Gasteiger partial charge is 0.504 e. The van der Waals surface area contributed by atoms with Crippen LogP contribution in [-0.4, -0.2) is 18.0 Å². The number of carbonyl (C=O) groups is 1. The van der Waals surface area contributed by atoms with Crippen molar-refractivity contribution in [3.8, 4) is 17.6 Å². The first-order valence-electron chi connectivity index (χ1n) is 8.25. The molecule has 0 bridgehead atoms. The lowest BCUT2D eigenvalue weighted by atomic mass is 9.79. The second-order valence-corrected chi connectivity index (χ2v) is 6.52. The molecule has 5 nitrogen and oxygen atoms in total. The minimum absolute atomic E-state index is 0.0595. The van der Waals surface area contributed by atoms with Crippen molar-refractivity contribution in [2.24, 2.45) is 0 Å². The van der Waals surface area contributed by atoms with Crippen LogP contribution in [0.15, 0.2) is 64.7 Å². The topological polar surface area (TPSA) is 82.3 Å². The molecule has 0 saturated carbocycles. The number of methoxy groups -OCH3 is 1. The van der Waals surface area contributed by atoms with Gasteiger partial charge in [0.05, 0.1) is 35.4 Å². The highest BCUT2D eigenvalue weighted by Crippen LogP contribution is 2.43. The maximum Gasteiger partial charge on any atom is 0.160 e. The van der Waals surface area contributed by atoms with Crippen LogP contribution in [0.1, 0.15) is 24.0 Å². The predicted molar refractivity (Wildman–Crippen MR) is 106 cm³/mol. The summed E-state index contributed by atoms with van der Waals surface area (Å²) < 4.78 is 5.09. The number of carbonyl (C=O) groups excluding carboxylic acids is 1. The first-order valence-corrected chi connectivity index (χ1v) is 8.70. The molecule has 0 fully saturated rings. The van der Waals surface area contributed by atoms with E-state index >= 15 is 0 Å². The second kappa shape index (κ2) is 7.60. The van der Waals surface area contributed by atoms with Gasteiger partial charge < -0.3 is 15.2 Å². The third-order valence-electron chi connectivity index (χ3n) is 4.44. The Morgan fingerprint density at radius 3 is 2.52 bits per heavy atom. The molecule has 0 amide bonds. The van der Waals surface area contributed by atoms with E-state index < -0.39 is 5.92 Å². The van der Waals surface area contributed by atoms with E-state index in [1.165, 1.54) is 20.1 Å². The Balaban J connectivity index is 2.27. The third-order valence-corrected chi connectivity index (χ3v) is 4.80. The molecule has 0 saturated heterocycles. The van der Waals surface area contributed by atoms with Gasteiger partial charge in [0.2, 0.25) is 0 Å². The Labute approximate surface area is 163 Å². The number of nitrogens with zero attached hydrogens (tertiary/aromatic N) is 1. The molecule has 27 heavy (non-hydrogen) atoms. The monoisotopic (exact) mass is 378 g/mol. The summed E-state index contributed by atoms with van der Waals surface area (Å²) in [7, 11) is 1.46. The Hall–Kier alpha value is -3.17. The number of phenols is 1. The summed E-state index contributed by atoms with van der Waals surface area (Å²) in [5.41, 5.74) is 2.78. The maximum absolute atomic E-state index is 12.6. The van der Waals surface area contributed by atoms with Crippen molar-refractivity contribution in [2.75, 3.05) is 7.11 Å². The van der Waals surface area contributed by atoms with Gasteiger partial charge in [-0.1, -0.05) is 36.4 Å². The number of dihydropyridines is 1. The summed E-state index contributed by atoms with van der Waals surface area (Å²) in [4.78, 5) is 12.6. The van der Waals surface area contributed by atoms with Crippen molar-refractivity contribution in [1.29, 1.82) is 5.26 Å². The van der Waals surface area contributed by atoms with Crippen LogP contribution in [0.5, 0.6) is 11.5 Å². The highest BCUT2D eigenvalue weighted by Gasteiger charge is 2.34. The van der Waals surface area contributed by atoms with Crippen LogP contribution in [0.3, 0.4) is 0 Å². The van der Waals surface area contributed by atoms with Gasteiger partial charge >= 0.3 is 0 Å². The first kappa shape index (κ1) is 18.6. The van der Waals surface area contributed by atoms with Gasteiger partial charge in [-0.3, -0.25) is 4.79 Å². The third kappa shape index (κ3) is 3.42. The summed E-state index contributed by atoms with van der Waals surface area (Å²) in [5, 5.41) is 23.4. The lowest BCUT2D eigenvalue weighted by molar-refractivity contribution is -0.113. The van der Waals surface area contributed by atoms with Gasteiger partial charge in [-0.05, 0) is 30.2 Å². The second-order valence-electron chi connectivity index (χ2n) is 6.07. The van der Waals surface area contributed by atoms with E-state index in [0.29, 0.717) is 33.2 Å². The summed E-state index contributed by atoms with van der Waals surface area (Å²) in [6.45, 7) is 1.47. The fourth-order valence-corrected chi connectivity index (χ4v) is 3.52. The van der Waals surface area contributed by atoms with Crippen molar-refractivity contribution >= 4 is 24.1 Å². The van der Waals surface area contributed by atoms with Gasteiger partial charge in [-0.15, -0.1) is 12.6 Å². The van der Waals surface area contributed by atoms with Crippen LogP contribution in [0, 0.1) is 11.3 Å². The van der Waals surface area contributed by atoms with E-state index in [1.54, 1.807) is 12.1 Å². The van der Waals surface area contributed by atoms with Gasteiger partial charge in [0.15, 0.2) is 17.3 Å². The van der Waals surface area contributed by atoms with Crippen molar-refractivity contribution in [3.05, 3.63) is 75.8 Å². The zero-order valence-corrected chi connectivity index (χ0v) is 15.7. The number of hydrogen-bond acceptors (Lipinski definition) is 6. The molecule has 0 aliphatic carbocycles. The number of hydrogen-bond donors (Lipinski definition) is 3. The number of thiol groups is 1. The zero-order chi connectivity index (χ0) is 19.6. The molecular formula is C21H18N2O3S. The quantitative estimate of drug-likeness (QED) is 0.706. The van der Waals surface area contributed by atoms with E-state index in [9.17, 15) is 15.2 Å². The number of nitriles is 1. The summed E-state index contributed by atoms with van der Waals surface area (Å²) >= 11 is 4.44. The van der Waals surface area contributed by atoms with E-state index in [-0.39, 0.29) is 11.5 Å². The molecule has 2 N–H and O–H groups in total. The molecule has 136 valence electrons. The standard InChI is InChI=1S/C21H18N2O3S/c1-12(24)18-19(14-8-9-17(26-2)16(25)10-14)15(11-22)21(27)23-20(18)13-6-4-3-5-7-13/h3-10,19,23,25,27H,1-2H3. The minimum Gasteiger partial charge on any atom is -0.504 e. The average Bonchev–Trinajstić information content (AvgIpc) is 2.67. The number of Topliss-reactive ketones (excluding diaryl/α,β-unsaturated/α-hetero) is 1. The highest BCUT2D eigenvalue weighted by molar-refractivity contribution is 7.84. The molecule has 1 unspecified atom stereocenters. The summed E-state index contributed by atoms with van der Waals surface area (Å²) in [6.07, 6.45) is 0. The number of rotatable bonds is 4. The maximum atomic E-state index is 12.6. The average molecular weight is 378 g/mol. The molecule has 0 radical (unpaired) electrons. The number of ether oxygens (including phenoxy) is 1. The van der Waals surface area contributed by atoms with Crippen molar-refractivity contribution < 1.29 is 14.6 Å². The molecule has 0 spiro atoms. The van der Waals surface area contributed by atoms with Crippen LogP contribution < -0.4 is 10.1 Å². The number of nitrogens with one attached hydrogen (secondary N) is 1. The van der Waals surface area contributed by atoms with Crippen LogP contribution in [-0.2, 0) is 4.79 Å². The molecule has 1 aliphatic rings. The van der Waals surface area contributed by atoms with Crippen LogP contribution in [0.2, 0.25) is 0 Å². The SMILES string of the molecule is COc1ccc(C2C(C#N)=C(S)NC(c3ccccc3)=C2C(C)=O)cc1O. The van der Waals surface area contributed by atoms with Gasteiger partial charge in [0, 0.05) is 5.57 Å². The lowest BCUT2D eigenvalue weighted by Gasteiger charge is -2.29. The predicted octanol–water partition coefficient (Wildman–Crippen LogP) is 3.75. The molecule has 1 atom stereocenters. The van der Waals surface area contributed by atoms with Crippen LogP contribution in [0.4, 0.5) is 0 Å². The van der Waals surface area contributed by atoms with E-state index in [0.717, 1.165) is 5.56 Å². The molecule has 2 aromatic carbocycles. The van der Waals surface area contributed by atoms with Gasteiger partial charge in [-0.25, -0.2) is 0 Å². The smallest absolute Gasteiger partial charge is 0.160 e. The number of allylic oxidation sites excluding steroid dienone is 2. The van der Waals surface area contributed by atoms with E-state index in [1.807, 2.05) is 30.3 Å². The van der Waals surface area contributed by atoms with Crippen molar-refractivity contribution in [1.82, 2.24) is 5.32 Å². The van der Waals surface area contributed by atoms with Gasteiger partial charge in [0.1, 0.15) is 0 Å². The fourth-order valence-electron chi connectivity index (χ4n) is 3.23. The van der Waals surface area contributed by atoms with Gasteiger partial charge in [-0.2, -0.15) is 5.26 Å². The van der Waals surface area contributed by atoms with Crippen molar-refractivity contribution in [3.63, 3.8) is 0 Å². The molecule has 6 heteroatoms. The molecular weight excluding hydrogens is 360 g/mol. The normalized spacial score (nSPS) is 16.6. The molecule has 0 aromatic heterocycles. The fraction of sp³-hybridized carbons (Fsp3) is 0.143. The number of phenolic OH excluding ortho intramolecular Hbond substituents is 1. The highest BCUT2D eigenvalue weighted by atomic mass is 32.1. The Morgan fingerprint density at radius 1 is 1.26 bits per heavy atom. The van der Waals surface area contributed by atoms with Crippen LogP contribution in [0.25, 0.3) is 5.70 Å². The van der Waals surface area contributed by atoms with Gasteiger partial charge in [0.25, 0.3) is 0 Å². The molecule has 3 rings (SSSR count). The molecule has 2 aromatic rings. The first-order chi connectivity index (χ1) is 13.0. The lowest BCUT2D eigenvalue weighted by Crippen LogP contribution is -2.26. The Kier molecular flexibility index (Phi) is 5.24. The molecule has 1 aliphatic heterocycles. The Bertz CT molecular complexity index is 1000. The van der Waals surface area contributed by atoms with Crippen molar-refractivity contribution in [2.45, 2.75) is 12.8 Å². The number of ketones is 1. The molecule has 1 heterocycles. The van der Waals surface area contributed by atoms with E-state index in [4.69, 9.17) is 4.74 Å². The summed E-state index contributed by atoms with van der Waals surface area (Å²) in [6, 6.07) is 16.4.